The minimum Gasteiger partial charge on any atom is -0.366 e. The first-order valence-electron chi connectivity index (χ1n) is 8.07. The van der Waals surface area contributed by atoms with Crippen LogP contribution in [0.5, 0.6) is 0 Å². The Kier molecular flexibility index (Phi) is 4.57. The Balaban J connectivity index is 1.93. The SMILES string of the molecule is CNC(C)c1ccc(Br)cc1N1CC2CCCN2CC1C. The molecule has 3 atom stereocenters. The van der Waals surface area contributed by atoms with Crippen molar-refractivity contribution in [3.8, 4) is 0 Å². The topological polar surface area (TPSA) is 18.5 Å². The lowest BCUT2D eigenvalue weighted by Gasteiger charge is -2.44. The average molecular weight is 352 g/mol. The Labute approximate surface area is 136 Å². The summed E-state index contributed by atoms with van der Waals surface area (Å²) in [7, 11) is 2.04. The van der Waals surface area contributed by atoms with Crippen LogP contribution in [-0.4, -0.2) is 43.7 Å². The first-order chi connectivity index (χ1) is 10.1. The van der Waals surface area contributed by atoms with Gasteiger partial charge in [-0.1, -0.05) is 22.0 Å². The molecule has 0 saturated carbocycles. The highest BCUT2D eigenvalue weighted by molar-refractivity contribution is 9.10. The van der Waals surface area contributed by atoms with E-state index in [2.05, 4.69) is 63.1 Å². The molecule has 4 heteroatoms. The van der Waals surface area contributed by atoms with Crippen LogP contribution in [0.3, 0.4) is 0 Å². The van der Waals surface area contributed by atoms with Crippen LogP contribution in [0.15, 0.2) is 22.7 Å². The van der Waals surface area contributed by atoms with E-state index in [0.717, 1.165) is 6.04 Å². The van der Waals surface area contributed by atoms with E-state index in [1.807, 2.05) is 7.05 Å². The maximum absolute atomic E-state index is 3.65. The fourth-order valence-corrected chi connectivity index (χ4v) is 4.16. The summed E-state index contributed by atoms with van der Waals surface area (Å²) in [5.74, 6) is 0. The van der Waals surface area contributed by atoms with Crippen LogP contribution in [0.25, 0.3) is 0 Å². The standard InChI is InChI=1S/C17H26BrN3/c1-12-10-20-8-4-5-15(20)11-21(12)17-9-14(18)6-7-16(17)13(2)19-3/h6-7,9,12-13,15,19H,4-5,8,10-11H2,1-3H3. The van der Waals surface area contributed by atoms with Gasteiger partial charge in [0.25, 0.3) is 0 Å². The van der Waals surface area contributed by atoms with E-state index >= 15 is 0 Å². The summed E-state index contributed by atoms with van der Waals surface area (Å²) in [5, 5.41) is 3.39. The lowest BCUT2D eigenvalue weighted by Crippen LogP contribution is -2.55. The highest BCUT2D eigenvalue weighted by atomic mass is 79.9. The van der Waals surface area contributed by atoms with Crippen LogP contribution in [-0.2, 0) is 0 Å². The monoisotopic (exact) mass is 351 g/mol. The van der Waals surface area contributed by atoms with Crippen molar-refractivity contribution < 1.29 is 0 Å². The van der Waals surface area contributed by atoms with Crippen molar-refractivity contribution in [1.82, 2.24) is 10.2 Å². The van der Waals surface area contributed by atoms with Crippen LogP contribution < -0.4 is 10.2 Å². The molecule has 0 aromatic heterocycles. The molecule has 21 heavy (non-hydrogen) atoms. The van der Waals surface area contributed by atoms with Crippen molar-refractivity contribution in [2.75, 3.05) is 31.6 Å². The molecule has 0 aliphatic carbocycles. The predicted molar refractivity (Wildman–Crippen MR) is 93.0 cm³/mol. The number of piperazine rings is 1. The summed E-state index contributed by atoms with van der Waals surface area (Å²) in [6.45, 7) is 8.26. The second-order valence-corrected chi connectivity index (χ2v) is 7.42. The first kappa shape index (κ1) is 15.3. The molecule has 3 rings (SSSR count). The normalized spacial score (nSPS) is 27.7. The van der Waals surface area contributed by atoms with Gasteiger partial charge in [-0.2, -0.15) is 0 Å². The summed E-state index contributed by atoms with van der Waals surface area (Å²) in [5.41, 5.74) is 2.80. The van der Waals surface area contributed by atoms with Gasteiger partial charge in [0.1, 0.15) is 0 Å². The van der Waals surface area contributed by atoms with Crippen molar-refractivity contribution in [3.63, 3.8) is 0 Å². The molecule has 2 fully saturated rings. The number of nitrogens with zero attached hydrogens (tertiary/aromatic N) is 2. The highest BCUT2D eigenvalue weighted by Gasteiger charge is 2.35. The summed E-state index contributed by atoms with van der Waals surface area (Å²) in [6.07, 6.45) is 2.72. The molecule has 116 valence electrons. The summed E-state index contributed by atoms with van der Waals surface area (Å²) in [4.78, 5) is 5.31. The second-order valence-electron chi connectivity index (χ2n) is 6.51. The third-order valence-electron chi connectivity index (χ3n) is 5.14. The van der Waals surface area contributed by atoms with Crippen LogP contribution in [0, 0.1) is 0 Å². The number of anilines is 1. The van der Waals surface area contributed by atoms with E-state index in [9.17, 15) is 0 Å². The van der Waals surface area contributed by atoms with Gasteiger partial charge in [-0.25, -0.2) is 0 Å². The van der Waals surface area contributed by atoms with Crippen molar-refractivity contribution in [2.45, 2.75) is 44.8 Å². The van der Waals surface area contributed by atoms with E-state index in [4.69, 9.17) is 0 Å². The fourth-order valence-electron chi connectivity index (χ4n) is 3.81. The average Bonchev–Trinajstić information content (AvgIpc) is 2.92. The molecule has 2 heterocycles. The van der Waals surface area contributed by atoms with Gasteiger partial charge in [-0.15, -0.1) is 0 Å². The lowest BCUT2D eigenvalue weighted by molar-refractivity contribution is 0.202. The van der Waals surface area contributed by atoms with Gasteiger partial charge in [-0.3, -0.25) is 4.90 Å². The van der Waals surface area contributed by atoms with Crippen LogP contribution in [0.2, 0.25) is 0 Å². The quantitative estimate of drug-likeness (QED) is 0.900. The minimum absolute atomic E-state index is 0.377. The van der Waals surface area contributed by atoms with E-state index in [1.165, 1.54) is 48.2 Å². The van der Waals surface area contributed by atoms with Crippen LogP contribution in [0.1, 0.15) is 38.3 Å². The first-order valence-corrected chi connectivity index (χ1v) is 8.87. The van der Waals surface area contributed by atoms with Gasteiger partial charge in [-0.05, 0) is 58.0 Å². The number of benzene rings is 1. The lowest BCUT2D eigenvalue weighted by atomic mass is 10.0. The fraction of sp³-hybridized carbons (Fsp3) is 0.647. The Morgan fingerprint density at radius 3 is 2.90 bits per heavy atom. The zero-order valence-corrected chi connectivity index (χ0v) is 14.9. The van der Waals surface area contributed by atoms with Gasteiger partial charge >= 0.3 is 0 Å². The van der Waals surface area contributed by atoms with Crippen molar-refractivity contribution in [2.24, 2.45) is 0 Å². The zero-order chi connectivity index (χ0) is 15.0. The molecule has 0 amide bonds. The van der Waals surface area contributed by atoms with E-state index in [-0.39, 0.29) is 0 Å². The predicted octanol–water partition coefficient (Wildman–Crippen LogP) is 3.40. The van der Waals surface area contributed by atoms with Crippen LogP contribution in [0.4, 0.5) is 5.69 Å². The van der Waals surface area contributed by atoms with E-state index in [0.29, 0.717) is 12.1 Å². The molecule has 1 aromatic rings. The molecule has 0 spiro atoms. The molecule has 3 nitrogen and oxygen atoms in total. The molecule has 0 bridgehead atoms. The van der Waals surface area contributed by atoms with Crippen LogP contribution >= 0.6 is 15.9 Å². The molecule has 3 unspecified atom stereocenters. The van der Waals surface area contributed by atoms with Gasteiger partial charge in [0.05, 0.1) is 0 Å². The summed E-state index contributed by atoms with van der Waals surface area (Å²) >= 11 is 3.65. The van der Waals surface area contributed by atoms with E-state index in [1.54, 1.807) is 0 Å². The number of rotatable bonds is 3. The van der Waals surface area contributed by atoms with Crippen molar-refractivity contribution in [1.29, 1.82) is 0 Å². The Morgan fingerprint density at radius 2 is 2.14 bits per heavy atom. The molecular weight excluding hydrogens is 326 g/mol. The highest BCUT2D eigenvalue weighted by Crippen LogP contribution is 2.34. The third-order valence-corrected chi connectivity index (χ3v) is 5.63. The maximum atomic E-state index is 3.65. The van der Waals surface area contributed by atoms with Gasteiger partial charge < -0.3 is 10.2 Å². The number of hydrogen-bond acceptors (Lipinski definition) is 3. The molecule has 1 N–H and O–H groups in total. The van der Waals surface area contributed by atoms with Gasteiger partial charge in [0, 0.05) is 41.4 Å². The molecule has 2 aliphatic heterocycles. The molecular formula is C17H26BrN3. The van der Waals surface area contributed by atoms with Gasteiger partial charge in [0.2, 0.25) is 0 Å². The minimum atomic E-state index is 0.377. The largest absolute Gasteiger partial charge is 0.366 e. The number of hydrogen-bond donors (Lipinski definition) is 1. The molecule has 2 saturated heterocycles. The summed E-state index contributed by atoms with van der Waals surface area (Å²) in [6, 6.07) is 8.41. The molecule has 1 aromatic carbocycles. The Hall–Kier alpha value is -0.580. The summed E-state index contributed by atoms with van der Waals surface area (Å²) < 4.78 is 1.17. The van der Waals surface area contributed by atoms with Crippen molar-refractivity contribution in [3.05, 3.63) is 28.2 Å². The number of fused-ring (bicyclic) bond motifs is 1. The smallest absolute Gasteiger partial charge is 0.0429 e. The Bertz CT molecular complexity index is 505. The number of halogens is 1. The molecule has 0 radical (unpaired) electrons. The Morgan fingerprint density at radius 1 is 1.33 bits per heavy atom. The zero-order valence-electron chi connectivity index (χ0n) is 13.3. The van der Waals surface area contributed by atoms with Crippen molar-refractivity contribution >= 4 is 21.6 Å². The maximum Gasteiger partial charge on any atom is 0.0429 e. The second kappa shape index (κ2) is 6.27. The molecule has 2 aliphatic rings. The number of nitrogens with one attached hydrogen (secondary N) is 1. The van der Waals surface area contributed by atoms with E-state index < -0.39 is 0 Å². The van der Waals surface area contributed by atoms with Gasteiger partial charge in [0.15, 0.2) is 0 Å². The third kappa shape index (κ3) is 2.99.